The topological polar surface area (TPSA) is 33.1 Å². The molecule has 1 rings (SSSR count). The molecule has 1 aromatic heterocycles. The molecule has 0 aliphatic rings. The fourth-order valence-electron chi connectivity index (χ4n) is 0.920. The van der Waals surface area contributed by atoms with E-state index in [1.54, 1.807) is 18.0 Å². The summed E-state index contributed by atoms with van der Waals surface area (Å²) in [6.45, 7) is 4.43. The van der Waals surface area contributed by atoms with E-state index in [1.165, 1.54) is 0 Å². The van der Waals surface area contributed by atoms with Crippen LogP contribution in [0.5, 0.6) is 0 Å². The van der Waals surface area contributed by atoms with Crippen LogP contribution in [0.25, 0.3) is 0 Å². The predicted octanol–water partition coefficient (Wildman–Crippen LogP) is 2.32. The fourth-order valence-corrected chi connectivity index (χ4v) is 1.86. The summed E-state index contributed by atoms with van der Waals surface area (Å²) in [6, 6.07) is 3.76. The van der Waals surface area contributed by atoms with Gasteiger partial charge in [0.1, 0.15) is 5.03 Å². The quantitative estimate of drug-likeness (QED) is 0.752. The number of thioether (sulfide) groups is 1. The minimum absolute atomic E-state index is 0.0776. The molecule has 13 heavy (non-hydrogen) atoms. The van der Waals surface area contributed by atoms with Crippen LogP contribution in [0.2, 0.25) is 0 Å². The second-order valence-electron chi connectivity index (χ2n) is 3.33. The molecule has 0 atom stereocenters. The van der Waals surface area contributed by atoms with Gasteiger partial charge in [0.25, 0.3) is 0 Å². The molecule has 0 unspecified atom stereocenters. The standard InChI is InChI=1S/C10H15NOS/c1-8(2)7-13-10-9(6-12)4-3-5-11-10/h3-5,8,12H,6-7H2,1-2H3. The molecule has 1 aromatic rings. The first-order valence-corrected chi connectivity index (χ1v) is 5.40. The summed E-state index contributed by atoms with van der Waals surface area (Å²) in [4.78, 5) is 4.22. The average Bonchev–Trinajstić information content (AvgIpc) is 2.15. The van der Waals surface area contributed by atoms with E-state index in [2.05, 4.69) is 18.8 Å². The summed E-state index contributed by atoms with van der Waals surface area (Å²) in [7, 11) is 0. The normalized spacial score (nSPS) is 10.8. The maximum atomic E-state index is 9.03. The summed E-state index contributed by atoms with van der Waals surface area (Å²) in [6.07, 6.45) is 1.77. The Morgan fingerprint density at radius 3 is 2.92 bits per heavy atom. The second-order valence-corrected chi connectivity index (χ2v) is 4.34. The molecule has 2 nitrogen and oxygen atoms in total. The Kier molecular flexibility index (Phi) is 4.25. The van der Waals surface area contributed by atoms with Crippen molar-refractivity contribution in [3.63, 3.8) is 0 Å². The van der Waals surface area contributed by atoms with Crippen molar-refractivity contribution in [1.82, 2.24) is 4.98 Å². The van der Waals surface area contributed by atoms with E-state index in [0.29, 0.717) is 5.92 Å². The van der Waals surface area contributed by atoms with E-state index in [4.69, 9.17) is 5.11 Å². The van der Waals surface area contributed by atoms with E-state index < -0.39 is 0 Å². The minimum atomic E-state index is 0.0776. The number of pyridine rings is 1. The van der Waals surface area contributed by atoms with E-state index in [-0.39, 0.29) is 6.61 Å². The highest BCUT2D eigenvalue weighted by Gasteiger charge is 2.03. The first-order valence-electron chi connectivity index (χ1n) is 4.41. The molecule has 0 bridgehead atoms. The number of aliphatic hydroxyl groups is 1. The molecule has 0 aliphatic heterocycles. The highest BCUT2D eigenvalue weighted by Crippen LogP contribution is 2.21. The van der Waals surface area contributed by atoms with E-state index in [1.807, 2.05) is 12.1 Å². The maximum absolute atomic E-state index is 9.03. The SMILES string of the molecule is CC(C)CSc1ncccc1CO. The third-order valence-electron chi connectivity index (χ3n) is 1.57. The van der Waals surface area contributed by atoms with Gasteiger partial charge in [0, 0.05) is 17.5 Å². The number of aromatic nitrogens is 1. The van der Waals surface area contributed by atoms with Crippen molar-refractivity contribution in [1.29, 1.82) is 0 Å². The zero-order valence-electron chi connectivity index (χ0n) is 8.03. The minimum Gasteiger partial charge on any atom is -0.392 e. The van der Waals surface area contributed by atoms with Gasteiger partial charge in [-0.15, -0.1) is 11.8 Å². The number of nitrogens with zero attached hydrogens (tertiary/aromatic N) is 1. The van der Waals surface area contributed by atoms with Crippen molar-refractivity contribution < 1.29 is 5.11 Å². The van der Waals surface area contributed by atoms with Crippen molar-refractivity contribution >= 4 is 11.8 Å². The summed E-state index contributed by atoms with van der Waals surface area (Å²) >= 11 is 1.71. The molecule has 0 aliphatic carbocycles. The Balaban J connectivity index is 2.64. The molecule has 1 N–H and O–H groups in total. The lowest BCUT2D eigenvalue weighted by molar-refractivity contribution is 0.278. The summed E-state index contributed by atoms with van der Waals surface area (Å²) < 4.78 is 0. The zero-order valence-corrected chi connectivity index (χ0v) is 8.84. The monoisotopic (exact) mass is 197 g/mol. The predicted molar refractivity (Wildman–Crippen MR) is 55.7 cm³/mol. The van der Waals surface area contributed by atoms with Crippen LogP contribution in [0.1, 0.15) is 19.4 Å². The molecule has 3 heteroatoms. The maximum Gasteiger partial charge on any atom is 0.101 e. The van der Waals surface area contributed by atoms with Gasteiger partial charge in [-0.05, 0) is 12.0 Å². The van der Waals surface area contributed by atoms with Crippen LogP contribution in [0.3, 0.4) is 0 Å². The zero-order chi connectivity index (χ0) is 9.68. The molecule has 0 aromatic carbocycles. The van der Waals surface area contributed by atoms with Crippen LogP contribution < -0.4 is 0 Å². The van der Waals surface area contributed by atoms with Gasteiger partial charge in [-0.3, -0.25) is 0 Å². The second kappa shape index (κ2) is 5.25. The van der Waals surface area contributed by atoms with E-state index in [9.17, 15) is 0 Å². The van der Waals surface area contributed by atoms with Gasteiger partial charge in [-0.25, -0.2) is 4.98 Å². The Labute approximate surface area is 83.4 Å². The Morgan fingerprint density at radius 1 is 1.54 bits per heavy atom. The van der Waals surface area contributed by atoms with Crippen molar-refractivity contribution in [3.05, 3.63) is 23.9 Å². The van der Waals surface area contributed by atoms with Gasteiger partial charge in [-0.1, -0.05) is 19.9 Å². The first-order chi connectivity index (χ1) is 6.24. The summed E-state index contributed by atoms with van der Waals surface area (Å²) in [5.41, 5.74) is 0.924. The fraction of sp³-hybridized carbons (Fsp3) is 0.500. The summed E-state index contributed by atoms with van der Waals surface area (Å²) in [5, 5.41) is 9.99. The Morgan fingerprint density at radius 2 is 2.31 bits per heavy atom. The van der Waals surface area contributed by atoms with Crippen molar-refractivity contribution in [2.24, 2.45) is 5.92 Å². The molecule has 0 fully saturated rings. The van der Waals surface area contributed by atoms with Crippen molar-refractivity contribution in [2.75, 3.05) is 5.75 Å². The van der Waals surface area contributed by atoms with Crippen LogP contribution in [0.15, 0.2) is 23.4 Å². The van der Waals surface area contributed by atoms with Crippen molar-refractivity contribution in [2.45, 2.75) is 25.5 Å². The number of rotatable bonds is 4. The van der Waals surface area contributed by atoms with Gasteiger partial charge in [0.15, 0.2) is 0 Å². The van der Waals surface area contributed by atoms with Crippen LogP contribution in [-0.2, 0) is 6.61 Å². The molecule has 0 spiro atoms. The van der Waals surface area contributed by atoms with Gasteiger partial charge in [0.2, 0.25) is 0 Å². The number of hydrogen-bond acceptors (Lipinski definition) is 3. The van der Waals surface area contributed by atoms with Crippen LogP contribution in [0.4, 0.5) is 0 Å². The van der Waals surface area contributed by atoms with Crippen molar-refractivity contribution in [3.8, 4) is 0 Å². The van der Waals surface area contributed by atoms with Crippen LogP contribution >= 0.6 is 11.8 Å². The smallest absolute Gasteiger partial charge is 0.101 e. The van der Waals surface area contributed by atoms with Crippen LogP contribution in [-0.4, -0.2) is 15.8 Å². The Hall–Kier alpha value is -0.540. The molecule has 0 radical (unpaired) electrons. The third-order valence-corrected chi connectivity index (χ3v) is 3.05. The molecule has 0 saturated carbocycles. The molecular formula is C10H15NOS. The molecular weight excluding hydrogens is 182 g/mol. The van der Waals surface area contributed by atoms with Gasteiger partial charge >= 0.3 is 0 Å². The van der Waals surface area contributed by atoms with E-state index in [0.717, 1.165) is 16.3 Å². The highest BCUT2D eigenvalue weighted by molar-refractivity contribution is 7.99. The number of aliphatic hydroxyl groups excluding tert-OH is 1. The van der Waals surface area contributed by atoms with Crippen LogP contribution in [0, 0.1) is 5.92 Å². The van der Waals surface area contributed by atoms with E-state index >= 15 is 0 Å². The van der Waals surface area contributed by atoms with Gasteiger partial charge in [-0.2, -0.15) is 0 Å². The first kappa shape index (κ1) is 10.5. The lowest BCUT2D eigenvalue weighted by atomic mass is 10.3. The summed E-state index contributed by atoms with van der Waals surface area (Å²) in [5.74, 6) is 1.70. The highest BCUT2D eigenvalue weighted by atomic mass is 32.2. The number of hydrogen-bond donors (Lipinski definition) is 1. The van der Waals surface area contributed by atoms with Gasteiger partial charge < -0.3 is 5.11 Å². The van der Waals surface area contributed by atoms with Gasteiger partial charge in [0.05, 0.1) is 6.61 Å². The molecule has 0 saturated heterocycles. The third kappa shape index (κ3) is 3.36. The largest absolute Gasteiger partial charge is 0.392 e. The Bertz CT molecular complexity index is 263. The molecule has 72 valence electrons. The lowest BCUT2D eigenvalue weighted by Gasteiger charge is -2.06. The molecule has 1 heterocycles. The lowest BCUT2D eigenvalue weighted by Crippen LogP contribution is -1.95. The average molecular weight is 197 g/mol. The molecule has 0 amide bonds.